The van der Waals surface area contributed by atoms with E-state index in [2.05, 4.69) is 41.5 Å². The highest BCUT2D eigenvalue weighted by atomic mass is 32.1. The summed E-state index contributed by atoms with van der Waals surface area (Å²) in [7, 11) is 0. The summed E-state index contributed by atoms with van der Waals surface area (Å²) in [6.45, 7) is 4.15. The van der Waals surface area contributed by atoms with Crippen LogP contribution >= 0.6 is 11.3 Å². The average molecular weight is 365 g/mol. The summed E-state index contributed by atoms with van der Waals surface area (Å²) in [6, 6.07) is 16.4. The molecule has 0 spiro atoms. The Hall–Kier alpha value is -2.46. The van der Waals surface area contributed by atoms with Gasteiger partial charge in [-0.3, -0.25) is 10.1 Å². The molecule has 0 aliphatic heterocycles. The minimum atomic E-state index is -0.107. The van der Waals surface area contributed by atoms with Crippen LogP contribution in [-0.4, -0.2) is 10.9 Å². The van der Waals surface area contributed by atoms with Gasteiger partial charge in [-0.1, -0.05) is 55.8 Å². The molecule has 4 heteroatoms. The number of nitrogens with zero attached hydrogens (tertiary/aromatic N) is 1. The Morgan fingerprint density at radius 1 is 1.08 bits per heavy atom. The highest BCUT2D eigenvalue weighted by molar-refractivity contribution is 7.15. The van der Waals surface area contributed by atoms with Crippen LogP contribution in [0.15, 0.2) is 54.7 Å². The molecule has 1 amide bonds. The molecule has 0 aliphatic rings. The van der Waals surface area contributed by atoms with E-state index in [9.17, 15) is 4.79 Å². The third-order valence-corrected chi connectivity index (χ3v) is 5.30. The minimum absolute atomic E-state index is 0.107. The number of unbranched alkanes of at least 4 members (excludes halogenated alkanes) is 1. The van der Waals surface area contributed by atoms with Crippen molar-refractivity contribution in [3.63, 3.8) is 0 Å². The van der Waals surface area contributed by atoms with Gasteiger partial charge in [0, 0.05) is 23.1 Å². The molecule has 0 atom stereocenters. The van der Waals surface area contributed by atoms with E-state index in [4.69, 9.17) is 0 Å². The molecule has 3 rings (SSSR count). The largest absolute Gasteiger partial charge is 0.298 e. The summed E-state index contributed by atoms with van der Waals surface area (Å²) in [4.78, 5) is 17.9. The van der Waals surface area contributed by atoms with Gasteiger partial charge >= 0.3 is 0 Å². The number of hydrogen-bond acceptors (Lipinski definition) is 3. The molecule has 1 N–H and O–H groups in total. The van der Waals surface area contributed by atoms with E-state index >= 15 is 0 Å². The predicted molar refractivity (Wildman–Crippen MR) is 109 cm³/mol. The first-order chi connectivity index (χ1) is 12.7. The lowest BCUT2D eigenvalue weighted by molar-refractivity contribution is 0.102. The van der Waals surface area contributed by atoms with Crippen molar-refractivity contribution < 1.29 is 4.79 Å². The fourth-order valence-corrected chi connectivity index (χ4v) is 3.69. The van der Waals surface area contributed by atoms with Gasteiger partial charge < -0.3 is 0 Å². The van der Waals surface area contributed by atoms with Crippen LogP contribution in [0.1, 0.15) is 51.7 Å². The van der Waals surface area contributed by atoms with Gasteiger partial charge in [0.25, 0.3) is 5.91 Å². The fourth-order valence-electron chi connectivity index (χ4n) is 2.85. The summed E-state index contributed by atoms with van der Waals surface area (Å²) < 4.78 is 0. The lowest BCUT2D eigenvalue weighted by Gasteiger charge is -2.04. The lowest BCUT2D eigenvalue weighted by Crippen LogP contribution is -2.12. The second-order valence-electron chi connectivity index (χ2n) is 6.50. The van der Waals surface area contributed by atoms with Crippen LogP contribution in [0.2, 0.25) is 0 Å². The Balaban J connectivity index is 1.61. The number of aromatic nitrogens is 1. The Morgan fingerprint density at radius 3 is 2.54 bits per heavy atom. The number of amides is 1. The average Bonchev–Trinajstić information content (AvgIpc) is 3.08. The molecule has 26 heavy (non-hydrogen) atoms. The summed E-state index contributed by atoms with van der Waals surface area (Å²) >= 11 is 1.53. The van der Waals surface area contributed by atoms with Gasteiger partial charge in [-0.25, -0.2) is 4.98 Å². The van der Waals surface area contributed by atoms with Crippen molar-refractivity contribution in [1.29, 1.82) is 0 Å². The molecule has 3 aromatic rings. The van der Waals surface area contributed by atoms with Crippen molar-refractivity contribution in [2.24, 2.45) is 0 Å². The molecule has 0 radical (unpaired) electrons. The van der Waals surface area contributed by atoms with Crippen LogP contribution in [0.25, 0.3) is 0 Å². The van der Waals surface area contributed by atoms with Crippen molar-refractivity contribution in [3.05, 3.63) is 81.9 Å². The van der Waals surface area contributed by atoms with E-state index in [0.717, 1.165) is 23.3 Å². The van der Waals surface area contributed by atoms with Crippen molar-refractivity contribution in [2.75, 3.05) is 5.32 Å². The van der Waals surface area contributed by atoms with Crippen LogP contribution < -0.4 is 5.32 Å². The van der Waals surface area contributed by atoms with Gasteiger partial charge in [0.05, 0.1) is 0 Å². The molecular formula is C22H24N2OS. The number of nitrogens with one attached hydrogen (secondary N) is 1. The quantitative estimate of drug-likeness (QED) is 0.590. The summed E-state index contributed by atoms with van der Waals surface area (Å²) in [5.41, 5.74) is 4.31. The summed E-state index contributed by atoms with van der Waals surface area (Å²) in [5.74, 6) is -0.107. The number of aryl methyl sites for hydroxylation is 2. The van der Waals surface area contributed by atoms with Crippen molar-refractivity contribution in [3.8, 4) is 0 Å². The third-order valence-electron chi connectivity index (χ3n) is 4.38. The topological polar surface area (TPSA) is 42.0 Å². The van der Waals surface area contributed by atoms with Crippen LogP contribution in [0.4, 0.5) is 5.13 Å². The van der Waals surface area contributed by atoms with Gasteiger partial charge in [-0.15, -0.1) is 11.3 Å². The highest BCUT2D eigenvalue weighted by Gasteiger charge is 2.11. The molecule has 0 saturated heterocycles. The SMILES string of the molecule is CCCCc1ccc(Cc2cnc(NC(=O)c3ccccc3C)s2)cc1. The summed E-state index contributed by atoms with van der Waals surface area (Å²) in [6.07, 6.45) is 6.29. The molecule has 1 heterocycles. The number of thiazole rings is 1. The monoisotopic (exact) mass is 364 g/mol. The standard InChI is InChI=1S/C22H24N2OS/c1-3-4-8-17-10-12-18(13-11-17)14-19-15-23-22(26-19)24-21(25)20-9-6-5-7-16(20)2/h5-7,9-13,15H,3-4,8,14H2,1-2H3,(H,23,24,25). The van der Waals surface area contributed by atoms with E-state index in [1.807, 2.05) is 37.4 Å². The van der Waals surface area contributed by atoms with E-state index in [-0.39, 0.29) is 5.91 Å². The van der Waals surface area contributed by atoms with Crippen LogP contribution in [0.3, 0.4) is 0 Å². The zero-order chi connectivity index (χ0) is 18.4. The Labute approximate surface area is 159 Å². The van der Waals surface area contributed by atoms with Gasteiger partial charge in [-0.2, -0.15) is 0 Å². The number of hydrogen-bond donors (Lipinski definition) is 1. The molecule has 2 aromatic carbocycles. The normalized spacial score (nSPS) is 10.7. The Bertz CT molecular complexity index is 868. The van der Waals surface area contributed by atoms with Crippen molar-refractivity contribution in [1.82, 2.24) is 4.98 Å². The fraction of sp³-hybridized carbons (Fsp3) is 0.273. The van der Waals surface area contributed by atoms with Crippen molar-refractivity contribution >= 4 is 22.4 Å². The van der Waals surface area contributed by atoms with Gasteiger partial charge in [0.1, 0.15) is 0 Å². The maximum atomic E-state index is 12.4. The van der Waals surface area contributed by atoms with Gasteiger partial charge in [-0.05, 0) is 42.5 Å². The molecular weight excluding hydrogens is 340 g/mol. The zero-order valence-corrected chi connectivity index (χ0v) is 16.1. The molecule has 0 bridgehead atoms. The van der Waals surface area contributed by atoms with Crippen LogP contribution in [-0.2, 0) is 12.8 Å². The number of carbonyl (C=O) groups is 1. The molecule has 0 fully saturated rings. The summed E-state index contributed by atoms with van der Waals surface area (Å²) in [5, 5.41) is 3.55. The second kappa shape index (κ2) is 8.77. The maximum Gasteiger partial charge on any atom is 0.257 e. The predicted octanol–water partition coefficient (Wildman–Crippen LogP) is 5.64. The smallest absolute Gasteiger partial charge is 0.257 e. The second-order valence-corrected chi connectivity index (χ2v) is 7.61. The highest BCUT2D eigenvalue weighted by Crippen LogP contribution is 2.22. The van der Waals surface area contributed by atoms with E-state index in [1.165, 1.54) is 35.3 Å². The number of rotatable bonds is 7. The molecule has 1 aromatic heterocycles. The van der Waals surface area contributed by atoms with Gasteiger partial charge in [0.15, 0.2) is 5.13 Å². The van der Waals surface area contributed by atoms with Gasteiger partial charge in [0.2, 0.25) is 0 Å². The van der Waals surface area contributed by atoms with E-state index < -0.39 is 0 Å². The number of anilines is 1. The maximum absolute atomic E-state index is 12.4. The number of carbonyl (C=O) groups excluding carboxylic acids is 1. The van der Waals surface area contributed by atoms with Crippen molar-refractivity contribution in [2.45, 2.75) is 39.5 Å². The van der Waals surface area contributed by atoms with Crippen LogP contribution in [0.5, 0.6) is 0 Å². The molecule has 0 saturated carbocycles. The molecule has 134 valence electrons. The number of benzene rings is 2. The zero-order valence-electron chi connectivity index (χ0n) is 15.3. The first kappa shape index (κ1) is 18.3. The molecule has 0 aliphatic carbocycles. The lowest BCUT2D eigenvalue weighted by atomic mass is 10.0. The Morgan fingerprint density at radius 2 is 1.81 bits per heavy atom. The first-order valence-corrected chi connectivity index (χ1v) is 9.87. The minimum Gasteiger partial charge on any atom is -0.298 e. The molecule has 0 unspecified atom stereocenters. The Kier molecular flexibility index (Phi) is 6.18. The third kappa shape index (κ3) is 4.79. The van der Waals surface area contributed by atoms with E-state index in [0.29, 0.717) is 10.7 Å². The van der Waals surface area contributed by atoms with Crippen LogP contribution in [0, 0.1) is 6.92 Å². The first-order valence-electron chi connectivity index (χ1n) is 9.05. The molecule has 3 nitrogen and oxygen atoms in total. The van der Waals surface area contributed by atoms with E-state index in [1.54, 1.807) is 0 Å².